The topological polar surface area (TPSA) is 80.9 Å². The van der Waals surface area contributed by atoms with E-state index in [9.17, 15) is 4.79 Å². The van der Waals surface area contributed by atoms with Crippen molar-refractivity contribution < 1.29 is 9.32 Å². The molecule has 2 aromatic heterocycles. The van der Waals surface area contributed by atoms with Crippen LogP contribution < -0.4 is 5.32 Å². The first-order valence-corrected chi connectivity index (χ1v) is 8.26. The molecular weight excluding hydrogens is 292 g/mol. The van der Waals surface area contributed by atoms with Crippen molar-refractivity contribution in [3.05, 3.63) is 41.3 Å². The van der Waals surface area contributed by atoms with E-state index in [1.165, 1.54) is 12.8 Å². The lowest BCUT2D eigenvalue weighted by atomic mass is 10.1. The standard InChI is InChI=1S/C17H22N4O2/c1-3-12-8-9-18-14(10-12)16(22)19-11(2)17-20-15(21-23-17)13-6-4-5-7-13/h8-11,13H,3-7H2,1-2H3,(H,19,22). The number of aryl methyl sites for hydroxylation is 1. The highest BCUT2D eigenvalue weighted by molar-refractivity contribution is 5.92. The van der Waals surface area contributed by atoms with Crippen molar-refractivity contribution in [3.8, 4) is 0 Å². The molecule has 0 aliphatic heterocycles. The number of pyridine rings is 1. The first-order chi connectivity index (χ1) is 11.2. The van der Waals surface area contributed by atoms with E-state index in [0.29, 0.717) is 17.5 Å². The number of amides is 1. The summed E-state index contributed by atoms with van der Waals surface area (Å²) in [6, 6.07) is 3.38. The van der Waals surface area contributed by atoms with Gasteiger partial charge in [0, 0.05) is 12.1 Å². The van der Waals surface area contributed by atoms with Gasteiger partial charge in [0.1, 0.15) is 11.7 Å². The molecule has 0 bridgehead atoms. The normalized spacial score (nSPS) is 16.4. The molecular formula is C17H22N4O2. The third-order valence-electron chi connectivity index (χ3n) is 4.36. The van der Waals surface area contributed by atoms with Gasteiger partial charge in [0.05, 0.1) is 0 Å². The van der Waals surface area contributed by atoms with Crippen LogP contribution in [0.1, 0.15) is 79.3 Å². The minimum absolute atomic E-state index is 0.228. The Kier molecular flexibility index (Phi) is 4.69. The van der Waals surface area contributed by atoms with Gasteiger partial charge in [-0.1, -0.05) is 24.9 Å². The zero-order valence-corrected chi connectivity index (χ0v) is 13.6. The number of carbonyl (C=O) groups is 1. The van der Waals surface area contributed by atoms with Gasteiger partial charge in [-0.25, -0.2) is 0 Å². The summed E-state index contributed by atoms with van der Waals surface area (Å²) in [5.74, 6) is 1.39. The van der Waals surface area contributed by atoms with Crippen molar-refractivity contribution in [3.63, 3.8) is 0 Å². The summed E-state index contributed by atoms with van der Waals surface area (Å²) in [4.78, 5) is 20.9. The largest absolute Gasteiger partial charge is 0.339 e. The van der Waals surface area contributed by atoms with Gasteiger partial charge in [-0.2, -0.15) is 4.98 Å². The van der Waals surface area contributed by atoms with E-state index in [1.54, 1.807) is 12.3 Å². The van der Waals surface area contributed by atoms with E-state index < -0.39 is 0 Å². The number of carbonyl (C=O) groups excluding carboxylic acids is 1. The number of hydrogen-bond acceptors (Lipinski definition) is 5. The van der Waals surface area contributed by atoms with Crippen LogP contribution in [-0.2, 0) is 6.42 Å². The summed E-state index contributed by atoms with van der Waals surface area (Å²) in [7, 11) is 0. The van der Waals surface area contributed by atoms with Gasteiger partial charge < -0.3 is 9.84 Å². The smallest absolute Gasteiger partial charge is 0.270 e. The molecule has 0 radical (unpaired) electrons. The minimum atomic E-state index is -0.336. The van der Waals surface area contributed by atoms with Crippen molar-refractivity contribution in [1.29, 1.82) is 0 Å². The molecule has 1 aliphatic carbocycles. The summed E-state index contributed by atoms with van der Waals surface area (Å²) >= 11 is 0. The second-order valence-corrected chi connectivity index (χ2v) is 6.07. The minimum Gasteiger partial charge on any atom is -0.339 e. The van der Waals surface area contributed by atoms with Crippen LogP contribution in [-0.4, -0.2) is 21.0 Å². The molecule has 122 valence electrons. The zero-order valence-electron chi connectivity index (χ0n) is 13.6. The average Bonchev–Trinajstić information content (AvgIpc) is 3.25. The Morgan fingerprint density at radius 1 is 1.43 bits per heavy atom. The van der Waals surface area contributed by atoms with Crippen molar-refractivity contribution in [1.82, 2.24) is 20.4 Å². The van der Waals surface area contributed by atoms with Crippen molar-refractivity contribution in [2.24, 2.45) is 0 Å². The van der Waals surface area contributed by atoms with Gasteiger partial charge in [0.2, 0.25) is 5.89 Å². The van der Waals surface area contributed by atoms with E-state index >= 15 is 0 Å². The van der Waals surface area contributed by atoms with Crippen LogP contribution in [0.3, 0.4) is 0 Å². The molecule has 23 heavy (non-hydrogen) atoms. The Balaban J connectivity index is 1.66. The summed E-state index contributed by atoms with van der Waals surface area (Å²) in [5, 5.41) is 6.94. The van der Waals surface area contributed by atoms with Crippen LogP contribution in [0.5, 0.6) is 0 Å². The highest BCUT2D eigenvalue weighted by Crippen LogP contribution is 2.32. The fraction of sp³-hybridized carbons (Fsp3) is 0.529. The molecule has 6 nitrogen and oxygen atoms in total. The summed E-state index contributed by atoms with van der Waals surface area (Å²) < 4.78 is 5.32. The molecule has 1 amide bonds. The van der Waals surface area contributed by atoms with Crippen molar-refractivity contribution in [2.75, 3.05) is 0 Å². The first-order valence-electron chi connectivity index (χ1n) is 8.26. The van der Waals surface area contributed by atoms with Gasteiger partial charge in [0.15, 0.2) is 5.82 Å². The Morgan fingerprint density at radius 2 is 2.22 bits per heavy atom. The van der Waals surface area contributed by atoms with Gasteiger partial charge in [-0.3, -0.25) is 9.78 Å². The Labute approximate surface area is 135 Å². The predicted octanol–water partition coefficient (Wildman–Crippen LogP) is 3.18. The molecule has 1 N–H and O–H groups in total. The molecule has 6 heteroatoms. The highest BCUT2D eigenvalue weighted by atomic mass is 16.5. The summed E-state index contributed by atoms with van der Waals surface area (Å²) in [5.41, 5.74) is 1.49. The quantitative estimate of drug-likeness (QED) is 0.916. The van der Waals surface area contributed by atoms with Crippen LogP contribution in [0.2, 0.25) is 0 Å². The van der Waals surface area contributed by atoms with Crippen LogP contribution in [0.15, 0.2) is 22.9 Å². The first kappa shape index (κ1) is 15.6. The number of rotatable bonds is 5. The average molecular weight is 314 g/mol. The Bertz CT molecular complexity index is 677. The van der Waals surface area contributed by atoms with E-state index in [2.05, 4.69) is 20.4 Å². The molecule has 0 aromatic carbocycles. The molecule has 0 spiro atoms. The maximum Gasteiger partial charge on any atom is 0.270 e. The molecule has 2 aromatic rings. The van der Waals surface area contributed by atoms with Gasteiger partial charge in [0.25, 0.3) is 5.91 Å². The Hall–Kier alpha value is -2.24. The SMILES string of the molecule is CCc1ccnc(C(=O)NC(C)c2nc(C3CCCC3)no2)c1. The lowest BCUT2D eigenvalue weighted by molar-refractivity contribution is 0.0927. The number of nitrogens with one attached hydrogen (secondary N) is 1. The van der Waals surface area contributed by atoms with Crippen LogP contribution in [0, 0.1) is 0 Å². The fourth-order valence-electron chi connectivity index (χ4n) is 2.92. The van der Waals surface area contributed by atoms with Gasteiger partial charge >= 0.3 is 0 Å². The maximum absolute atomic E-state index is 12.3. The lowest BCUT2D eigenvalue weighted by Crippen LogP contribution is -2.27. The number of hydrogen-bond donors (Lipinski definition) is 1. The second-order valence-electron chi connectivity index (χ2n) is 6.07. The molecule has 0 saturated heterocycles. The zero-order chi connectivity index (χ0) is 16.2. The number of aromatic nitrogens is 3. The maximum atomic E-state index is 12.3. The van der Waals surface area contributed by atoms with Crippen molar-refractivity contribution >= 4 is 5.91 Å². The molecule has 1 aliphatic rings. The van der Waals surface area contributed by atoms with Gasteiger partial charge in [-0.05, 0) is 43.9 Å². The fourth-order valence-corrected chi connectivity index (χ4v) is 2.92. The summed E-state index contributed by atoms with van der Waals surface area (Å²) in [6.07, 6.45) is 7.21. The van der Waals surface area contributed by atoms with E-state index in [1.807, 2.05) is 19.9 Å². The van der Waals surface area contributed by atoms with Crippen LogP contribution >= 0.6 is 0 Å². The van der Waals surface area contributed by atoms with Crippen LogP contribution in [0.25, 0.3) is 0 Å². The third kappa shape index (κ3) is 3.57. The predicted molar refractivity (Wildman–Crippen MR) is 85.0 cm³/mol. The lowest BCUT2D eigenvalue weighted by Gasteiger charge is -2.09. The molecule has 1 fully saturated rings. The van der Waals surface area contributed by atoms with E-state index in [0.717, 1.165) is 30.7 Å². The third-order valence-corrected chi connectivity index (χ3v) is 4.36. The molecule has 1 saturated carbocycles. The second kappa shape index (κ2) is 6.89. The monoisotopic (exact) mass is 314 g/mol. The van der Waals surface area contributed by atoms with E-state index in [4.69, 9.17) is 4.52 Å². The van der Waals surface area contributed by atoms with E-state index in [-0.39, 0.29) is 11.9 Å². The van der Waals surface area contributed by atoms with Crippen LogP contribution in [0.4, 0.5) is 0 Å². The number of nitrogens with zero attached hydrogens (tertiary/aromatic N) is 3. The summed E-state index contributed by atoms with van der Waals surface area (Å²) in [6.45, 7) is 3.89. The molecule has 1 atom stereocenters. The Morgan fingerprint density at radius 3 is 2.96 bits per heavy atom. The molecule has 3 rings (SSSR count). The molecule has 1 unspecified atom stereocenters. The van der Waals surface area contributed by atoms with Crippen molar-refractivity contribution in [2.45, 2.75) is 57.9 Å². The van der Waals surface area contributed by atoms with Gasteiger partial charge in [-0.15, -0.1) is 0 Å². The molecule has 2 heterocycles. The highest BCUT2D eigenvalue weighted by Gasteiger charge is 2.24.